The molecule has 4 heterocycles. The molecule has 6 rings (SSSR count). The minimum absolute atomic E-state index is 0.0148. The monoisotopic (exact) mass is 569 g/mol. The summed E-state index contributed by atoms with van der Waals surface area (Å²) in [5, 5.41) is 5.46. The molecule has 1 amide bonds. The summed E-state index contributed by atoms with van der Waals surface area (Å²) in [5.41, 5.74) is 8.95. The van der Waals surface area contributed by atoms with E-state index in [2.05, 4.69) is 27.9 Å². The van der Waals surface area contributed by atoms with Crippen molar-refractivity contribution >= 4 is 22.8 Å². The Kier molecular flexibility index (Phi) is 7.63. The van der Waals surface area contributed by atoms with Crippen LogP contribution >= 0.6 is 0 Å². The summed E-state index contributed by atoms with van der Waals surface area (Å²) in [7, 11) is 3.17. The van der Waals surface area contributed by atoms with Gasteiger partial charge in [-0.1, -0.05) is 24.1 Å². The van der Waals surface area contributed by atoms with Gasteiger partial charge in [0, 0.05) is 55.5 Å². The maximum atomic E-state index is 13.5. The van der Waals surface area contributed by atoms with Gasteiger partial charge in [0.15, 0.2) is 5.65 Å². The van der Waals surface area contributed by atoms with Gasteiger partial charge in [0.25, 0.3) is 5.91 Å². The molecule has 0 spiro atoms. The van der Waals surface area contributed by atoms with Crippen LogP contribution in [0.25, 0.3) is 11.0 Å². The highest BCUT2D eigenvalue weighted by Gasteiger charge is 2.42. The number of anilines is 1. The number of halogens is 1. The Morgan fingerprint density at radius 1 is 1.17 bits per heavy atom. The van der Waals surface area contributed by atoms with Gasteiger partial charge in [0.1, 0.15) is 35.5 Å². The molecule has 1 aliphatic carbocycles. The summed E-state index contributed by atoms with van der Waals surface area (Å²) < 4.78 is 26.1. The first kappa shape index (κ1) is 27.5. The molecule has 0 bridgehead atoms. The number of nitrogens with two attached hydrogens (primary N) is 1. The van der Waals surface area contributed by atoms with Crippen LogP contribution < -0.4 is 15.2 Å². The number of hydrogen-bond donors (Lipinski definition) is 1. The number of ether oxygens (including phenoxy) is 2. The molecule has 1 aromatic carbocycles. The average Bonchev–Trinajstić information content (AvgIpc) is 3.71. The second kappa shape index (κ2) is 11.7. The summed E-state index contributed by atoms with van der Waals surface area (Å²) in [4.78, 5) is 25.9. The van der Waals surface area contributed by atoms with E-state index in [4.69, 9.17) is 20.3 Å². The average molecular weight is 570 g/mol. The van der Waals surface area contributed by atoms with Crippen LogP contribution in [0.5, 0.6) is 11.5 Å². The van der Waals surface area contributed by atoms with Crippen molar-refractivity contribution < 1.29 is 18.7 Å². The number of allylic oxidation sites excluding steroid dienone is 4. The highest BCUT2D eigenvalue weighted by atomic mass is 19.1. The van der Waals surface area contributed by atoms with E-state index < -0.39 is 6.17 Å². The number of nitrogen functional groups attached to an aromatic ring is 1. The van der Waals surface area contributed by atoms with Gasteiger partial charge in [-0.2, -0.15) is 5.10 Å². The summed E-state index contributed by atoms with van der Waals surface area (Å²) in [6.45, 7) is 2.08. The molecule has 3 atom stereocenters. The number of carbonyl (C=O) groups excluding carboxylic acids is 1. The zero-order chi connectivity index (χ0) is 29.2. The summed E-state index contributed by atoms with van der Waals surface area (Å²) in [6.07, 6.45) is 11.4. The van der Waals surface area contributed by atoms with Crippen molar-refractivity contribution in [2.45, 2.75) is 25.1 Å². The quantitative estimate of drug-likeness (QED) is 0.356. The number of benzene rings is 1. The molecule has 2 aliphatic heterocycles. The number of fused-ring (bicyclic) bond motifs is 2. The van der Waals surface area contributed by atoms with Crippen LogP contribution in [-0.4, -0.2) is 82.0 Å². The Labute approximate surface area is 243 Å². The maximum absolute atomic E-state index is 13.5. The minimum atomic E-state index is -0.789. The molecule has 2 fully saturated rings. The van der Waals surface area contributed by atoms with Crippen LogP contribution in [0.3, 0.4) is 0 Å². The van der Waals surface area contributed by atoms with Gasteiger partial charge in [0.05, 0.1) is 25.6 Å². The van der Waals surface area contributed by atoms with Crippen molar-refractivity contribution in [1.82, 2.24) is 29.5 Å². The van der Waals surface area contributed by atoms with E-state index in [-0.39, 0.29) is 23.7 Å². The lowest BCUT2D eigenvalue weighted by atomic mass is 9.93. The standard InChI is InChI=1S/C31H32FN7O3/c1-41-22-14-20(15-23(16-22)42-2)9-10-25-29-30(33)34-19-35-31(29)39(36-25)27-18-38(26-7-4-3-6-24(26)27)28(40)8-5-12-37-13-11-21(32)17-37/h3-5,7-8,14-16,19,21,24,27H,6,11-13,17-18H2,1-2H3,(H2,33,34,35)/t21-,24?,27?/m1/s1. The molecular weight excluding hydrogens is 537 g/mol. The predicted molar refractivity (Wildman–Crippen MR) is 156 cm³/mol. The second-order valence-electron chi connectivity index (χ2n) is 10.5. The van der Waals surface area contributed by atoms with E-state index in [0.717, 1.165) is 12.1 Å². The smallest absolute Gasteiger partial charge is 0.250 e. The molecule has 2 aromatic heterocycles. The zero-order valence-electron chi connectivity index (χ0n) is 23.5. The Balaban J connectivity index is 1.32. The number of nitrogens with zero attached hydrogens (tertiary/aromatic N) is 6. The highest BCUT2D eigenvalue weighted by molar-refractivity contribution is 5.91. The lowest BCUT2D eigenvalue weighted by Gasteiger charge is -2.21. The third-order valence-electron chi connectivity index (χ3n) is 7.93. The first-order valence-corrected chi connectivity index (χ1v) is 13.9. The number of aromatic nitrogens is 4. The Bertz CT molecular complexity index is 1650. The van der Waals surface area contributed by atoms with Crippen molar-refractivity contribution in [3.05, 3.63) is 71.9 Å². The number of methoxy groups -OCH3 is 2. The van der Waals surface area contributed by atoms with Gasteiger partial charge in [-0.15, -0.1) is 0 Å². The van der Waals surface area contributed by atoms with Crippen molar-refractivity contribution in [2.75, 3.05) is 46.1 Å². The summed E-state index contributed by atoms with van der Waals surface area (Å²) in [6, 6.07) is 5.22. The lowest BCUT2D eigenvalue weighted by molar-refractivity contribution is -0.123. The molecule has 2 saturated heterocycles. The zero-order valence-corrected chi connectivity index (χ0v) is 23.5. The topological polar surface area (TPSA) is 112 Å². The predicted octanol–water partition coefficient (Wildman–Crippen LogP) is 3.27. The third kappa shape index (κ3) is 5.33. The van der Waals surface area contributed by atoms with Crippen molar-refractivity contribution in [3.8, 4) is 23.3 Å². The summed E-state index contributed by atoms with van der Waals surface area (Å²) in [5.74, 6) is 7.73. The van der Waals surface area contributed by atoms with Crippen LogP contribution in [0.2, 0.25) is 0 Å². The van der Waals surface area contributed by atoms with Gasteiger partial charge in [-0.05, 0) is 37.0 Å². The fraction of sp³-hybridized carbons (Fsp3) is 0.355. The lowest BCUT2D eigenvalue weighted by Crippen LogP contribution is -2.27. The van der Waals surface area contributed by atoms with E-state index in [1.807, 2.05) is 39.9 Å². The van der Waals surface area contributed by atoms with Gasteiger partial charge < -0.3 is 20.1 Å². The molecule has 2 N–H and O–H groups in total. The molecule has 216 valence electrons. The number of alkyl halides is 1. The van der Waals surface area contributed by atoms with E-state index >= 15 is 0 Å². The normalized spacial score (nSPS) is 21.8. The Morgan fingerprint density at radius 2 is 1.98 bits per heavy atom. The van der Waals surface area contributed by atoms with Gasteiger partial charge >= 0.3 is 0 Å². The van der Waals surface area contributed by atoms with Crippen LogP contribution in [0.4, 0.5) is 10.2 Å². The number of amides is 1. The second-order valence-corrected chi connectivity index (χ2v) is 10.5. The van der Waals surface area contributed by atoms with Gasteiger partial charge in [0.2, 0.25) is 0 Å². The number of likely N-dealkylation sites (tertiary alicyclic amines) is 2. The maximum Gasteiger partial charge on any atom is 0.250 e. The molecule has 0 radical (unpaired) electrons. The fourth-order valence-corrected chi connectivity index (χ4v) is 5.83. The minimum Gasteiger partial charge on any atom is -0.497 e. The first-order chi connectivity index (χ1) is 20.4. The summed E-state index contributed by atoms with van der Waals surface area (Å²) >= 11 is 0. The molecule has 0 saturated carbocycles. The van der Waals surface area contributed by atoms with Crippen LogP contribution in [-0.2, 0) is 4.79 Å². The van der Waals surface area contributed by atoms with E-state index in [9.17, 15) is 9.18 Å². The first-order valence-electron chi connectivity index (χ1n) is 13.9. The van der Waals surface area contributed by atoms with Crippen LogP contribution in [0.1, 0.15) is 30.1 Å². The van der Waals surface area contributed by atoms with Crippen molar-refractivity contribution in [1.29, 1.82) is 0 Å². The molecule has 3 aliphatic rings. The van der Waals surface area contributed by atoms with Crippen molar-refractivity contribution in [3.63, 3.8) is 0 Å². The fourth-order valence-electron chi connectivity index (χ4n) is 5.83. The van der Waals surface area contributed by atoms with Gasteiger partial charge in [-0.3, -0.25) is 9.69 Å². The largest absolute Gasteiger partial charge is 0.497 e. The molecule has 11 heteroatoms. The molecule has 2 unspecified atom stereocenters. The van der Waals surface area contributed by atoms with Crippen LogP contribution in [0, 0.1) is 17.8 Å². The van der Waals surface area contributed by atoms with Crippen LogP contribution in [0.15, 0.2) is 60.6 Å². The van der Waals surface area contributed by atoms with E-state index in [1.54, 1.807) is 31.3 Å². The van der Waals surface area contributed by atoms with E-state index in [0.29, 0.717) is 66.4 Å². The highest BCUT2D eigenvalue weighted by Crippen LogP contribution is 2.42. The number of rotatable bonds is 6. The molecule has 42 heavy (non-hydrogen) atoms. The van der Waals surface area contributed by atoms with E-state index in [1.165, 1.54) is 6.33 Å². The molecular formula is C31H32FN7O3. The molecule has 10 nitrogen and oxygen atoms in total. The number of carbonyl (C=O) groups is 1. The van der Waals surface area contributed by atoms with Crippen molar-refractivity contribution in [2.24, 2.45) is 5.92 Å². The SMILES string of the molecule is COc1cc(C#Cc2nn(C3CN(C(=O)C=CCN4CC[C@@H](F)C4)C4=CC=CCC43)c3ncnc(N)c23)cc(OC)c1. The Hall–Kier alpha value is -4.69. The third-order valence-corrected chi connectivity index (χ3v) is 7.93. The van der Waals surface area contributed by atoms with Gasteiger partial charge in [-0.25, -0.2) is 19.0 Å². The molecule has 3 aromatic rings. The Morgan fingerprint density at radius 3 is 2.71 bits per heavy atom. The number of hydrogen-bond acceptors (Lipinski definition) is 8.